The van der Waals surface area contributed by atoms with Crippen molar-refractivity contribution in [3.63, 3.8) is 0 Å². The lowest BCUT2D eigenvalue weighted by atomic mass is 10.0. The average Bonchev–Trinajstić information content (AvgIpc) is 3.41. The Labute approximate surface area is 180 Å². The molecule has 9 nitrogen and oxygen atoms in total. The number of piperidine rings is 1. The number of benzene rings is 1. The second-order valence-electron chi connectivity index (χ2n) is 9.24. The number of nitrogens with two attached hydrogens (primary N) is 1. The molecule has 3 N–H and O–H groups in total. The van der Waals surface area contributed by atoms with E-state index in [9.17, 15) is 19.2 Å². The smallest absolute Gasteiger partial charge is 0.262 e. The van der Waals surface area contributed by atoms with Crippen LogP contribution in [0, 0.1) is 0 Å². The number of carbonyl (C=O) groups excluding carboxylic acids is 4. The van der Waals surface area contributed by atoms with E-state index in [2.05, 4.69) is 15.1 Å². The zero-order valence-electron chi connectivity index (χ0n) is 17.4. The first-order valence-corrected chi connectivity index (χ1v) is 10.9. The first-order chi connectivity index (χ1) is 14.8. The molecule has 164 valence electrons. The van der Waals surface area contributed by atoms with Gasteiger partial charge in [-0.3, -0.25) is 39.2 Å². The first kappa shape index (κ1) is 20.3. The topological polar surface area (TPSA) is 116 Å². The number of piperazine rings is 1. The Morgan fingerprint density at radius 1 is 0.968 bits per heavy atom. The third-order valence-electron chi connectivity index (χ3n) is 6.81. The Kier molecular flexibility index (Phi) is 4.91. The summed E-state index contributed by atoms with van der Waals surface area (Å²) in [6.07, 6.45) is 2.51. The summed E-state index contributed by atoms with van der Waals surface area (Å²) in [5, 5.41) is 2.22. The fourth-order valence-corrected chi connectivity index (χ4v) is 4.74. The summed E-state index contributed by atoms with van der Waals surface area (Å²) in [7, 11) is 0. The number of nitrogens with one attached hydrogen (secondary N) is 1. The molecule has 4 aliphatic rings. The van der Waals surface area contributed by atoms with Gasteiger partial charge in [-0.2, -0.15) is 0 Å². The second-order valence-corrected chi connectivity index (χ2v) is 9.24. The Hall–Kier alpha value is -2.62. The van der Waals surface area contributed by atoms with Gasteiger partial charge in [0.2, 0.25) is 11.8 Å². The SMILES string of the molecule is NC1(CN2CCN(Cc3ccc4c(c3)C(=O)N(C3CCC(=O)NC3=O)C4=O)CC2)CC1. The molecule has 5 rings (SSSR count). The summed E-state index contributed by atoms with van der Waals surface area (Å²) < 4.78 is 0. The molecule has 4 amide bonds. The highest BCUT2D eigenvalue weighted by Gasteiger charge is 2.44. The molecule has 3 aliphatic heterocycles. The van der Waals surface area contributed by atoms with Crippen LogP contribution < -0.4 is 11.1 Å². The van der Waals surface area contributed by atoms with Gasteiger partial charge in [-0.05, 0) is 37.0 Å². The second kappa shape index (κ2) is 7.51. The number of hydrogen-bond donors (Lipinski definition) is 2. The summed E-state index contributed by atoms with van der Waals surface area (Å²) in [4.78, 5) is 55.1. The summed E-state index contributed by atoms with van der Waals surface area (Å²) >= 11 is 0. The Morgan fingerprint density at radius 3 is 2.32 bits per heavy atom. The van der Waals surface area contributed by atoms with Crippen molar-refractivity contribution in [2.75, 3.05) is 32.7 Å². The fraction of sp³-hybridized carbons (Fsp3) is 0.545. The molecule has 31 heavy (non-hydrogen) atoms. The van der Waals surface area contributed by atoms with Crippen molar-refractivity contribution in [2.45, 2.75) is 43.8 Å². The molecule has 1 saturated carbocycles. The van der Waals surface area contributed by atoms with E-state index in [-0.39, 0.29) is 24.3 Å². The molecule has 3 fully saturated rings. The summed E-state index contributed by atoms with van der Waals surface area (Å²) in [5.41, 5.74) is 7.89. The maximum atomic E-state index is 13.0. The number of imide groups is 2. The third kappa shape index (κ3) is 3.88. The highest BCUT2D eigenvalue weighted by atomic mass is 16.2. The molecule has 1 unspecified atom stereocenters. The van der Waals surface area contributed by atoms with Crippen LogP contribution in [0.3, 0.4) is 0 Å². The van der Waals surface area contributed by atoms with E-state index >= 15 is 0 Å². The minimum Gasteiger partial charge on any atom is -0.324 e. The summed E-state index contributed by atoms with van der Waals surface area (Å²) in [5.74, 6) is -1.89. The molecule has 9 heteroatoms. The van der Waals surface area contributed by atoms with Gasteiger partial charge in [0, 0.05) is 51.2 Å². The van der Waals surface area contributed by atoms with E-state index in [0.29, 0.717) is 17.7 Å². The number of nitrogens with zero attached hydrogens (tertiary/aromatic N) is 3. The molecule has 0 bridgehead atoms. The van der Waals surface area contributed by atoms with Crippen LogP contribution in [0.25, 0.3) is 0 Å². The Morgan fingerprint density at radius 2 is 1.65 bits per heavy atom. The van der Waals surface area contributed by atoms with Crippen LogP contribution in [0.2, 0.25) is 0 Å². The van der Waals surface area contributed by atoms with E-state index in [4.69, 9.17) is 5.73 Å². The first-order valence-electron chi connectivity index (χ1n) is 10.9. The van der Waals surface area contributed by atoms with Gasteiger partial charge in [-0.15, -0.1) is 0 Å². The van der Waals surface area contributed by atoms with Crippen molar-refractivity contribution >= 4 is 23.6 Å². The van der Waals surface area contributed by atoms with Crippen molar-refractivity contribution in [1.82, 2.24) is 20.0 Å². The molecule has 0 radical (unpaired) electrons. The predicted octanol–water partition coefficient (Wildman–Crippen LogP) is -0.303. The maximum absolute atomic E-state index is 13.0. The molecule has 1 atom stereocenters. The Balaban J connectivity index is 1.24. The molecule has 1 aliphatic carbocycles. The zero-order valence-corrected chi connectivity index (χ0v) is 17.4. The maximum Gasteiger partial charge on any atom is 0.262 e. The summed E-state index contributed by atoms with van der Waals surface area (Å²) in [6.45, 7) is 5.49. The molecule has 1 aromatic rings. The molecule has 0 aromatic heterocycles. The van der Waals surface area contributed by atoms with Gasteiger partial charge >= 0.3 is 0 Å². The molecule has 2 saturated heterocycles. The standard InChI is InChI=1S/C22H27N5O4/c23-22(5-6-22)13-26-9-7-25(8-10-26)12-14-1-2-15-16(11-14)21(31)27(20(15)30)17-3-4-18(28)24-19(17)29/h1-2,11,17H,3-10,12-13,23H2,(H,24,28,29). The van der Waals surface area contributed by atoms with Crippen LogP contribution in [0.1, 0.15) is 52.0 Å². The monoisotopic (exact) mass is 425 g/mol. The number of rotatable bonds is 5. The van der Waals surface area contributed by atoms with Crippen LogP contribution >= 0.6 is 0 Å². The minimum atomic E-state index is -0.932. The molecule has 0 spiro atoms. The third-order valence-corrected chi connectivity index (χ3v) is 6.81. The van der Waals surface area contributed by atoms with Crippen LogP contribution in [0.5, 0.6) is 0 Å². The highest BCUT2D eigenvalue weighted by molar-refractivity contribution is 6.23. The number of carbonyl (C=O) groups is 4. The van der Waals surface area contributed by atoms with E-state index in [1.165, 1.54) is 0 Å². The minimum absolute atomic E-state index is 0.0312. The van der Waals surface area contributed by atoms with Crippen LogP contribution in [0.15, 0.2) is 18.2 Å². The lowest BCUT2D eigenvalue weighted by molar-refractivity contribution is -0.136. The average molecular weight is 425 g/mol. The van der Waals surface area contributed by atoms with Crippen LogP contribution in [-0.2, 0) is 16.1 Å². The summed E-state index contributed by atoms with van der Waals surface area (Å²) in [6, 6.07) is 4.40. The van der Waals surface area contributed by atoms with Gasteiger partial charge in [0.1, 0.15) is 6.04 Å². The van der Waals surface area contributed by atoms with Gasteiger partial charge in [0.25, 0.3) is 11.8 Å². The normalized spacial score (nSPS) is 26.2. The quantitative estimate of drug-likeness (QED) is 0.622. The Bertz CT molecular complexity index is 965. The predicted molar refractivity (Wildman–Crippen MR) is 111 cm³/mol. The molecular weight excluding hydrogens is 398 g/mol. The van der Waals surface area contributed by atoms with Crippen molar-refractivity contribution < 1.29 is 19.2 Å². The number of fused-ring (bicyclic) bond motifs is 1. The zero-order chi connectivity index (χ0) is 21.8. The lowest BCUT2D eigenvalue weighted by Crippen LogP contribution is -2.54. The molecular formula is C22H27N5O4. The fourth-order valence-electron chi connectivity index (χ4n) is 4.74. The van der Waals surface area contributed by atoms with Crippen LogP contribution in [-0.4, -0.2) is 82.6 Å². The van der Waals surface area contributed by atoms with Gasteiger partial charge in [0.15, 0.2) is 0 Å². The van der Waals surface area contributed by atoms with Crippen molar-refractivity contribution in [1.29, 1.82) is 0 Å². The lowest BCUT2D eigenvalue weighted by Gasteiger charge is -2.36. The largest absolute Gasteiger partial charge is 0.324 e. The van der Waals surface area contributed by atoms with E-state index in [1.807, 2.05) is 6.07 Å². The van der Waals surface area contributed by atoms with Crippen LogP contribution in [0.4, 0.5) is 0 Å². The molecule has 1 aromatic carbocycles. The van der Waals surface area contributed by atoms with Crippen molar-refractivity contribution in [3.8, 4) is 0 Å². The van der Waals surface area contributed by atoms with Gasteiger partial charge in [0.05, 0.1) is 11.1 Å². The highest BCUT2D eigenvalue weighted by Crippen LogP contribution is 2.33. The van der Waals surface area contributed by atoms with Gasteiger partial charge in [-0.25, -0.2) is 0 Å². The molecule has 3 heterocycles. The van der Waals surface area contributed by atoms with E-state index in [1.54, 1.807) is 12.1 Å². The van der Waals surface area contributed by atoms with Crippen molar-refractivity contribution in [3.05, 3.63) is 34.9 Å². The van der Waals surface area contributed by atoms with Gasteiger partial charge < -0.3 is 5.73 Å². The van der Waals surface area contributed by atoms with Crippen molar-refractivity contribution in [2.24, 2.45) is 5.73 Å². The number of amides is 4. The van der Waals surface area contributed by atoms with Gasteiger partial charge in [-0.1, -0.05) is 6.07 Å². The van der Waals surface area contributed by atoms with E-state index < -0.39 is 23.8 Å². The number of hydrogen-bond acceptors (Lipinski definition) is 7. The van der Waals surface area contributed by atoms with E-state index in [0.717, 1.165) is 56.0 Å².